The molecule has 1 atom stereocenters. The molecule has 1 unspecified atom stereocenters. The second-order valence-corrected chi connectivity index (χ2v) is 12.9. The van der Waals surface area contributed by atoms with Gasteiger partial charge >= 0.3 is 7.82 Å². The lowest BCUT2D eigenvalue weighted by Gasteiger charge is -2.18. The quantitative estimate of drug-likeness (QED) is 0.0543. The molecule has 0 aliphatic rings. The van der Waals surface area contributed by atoms with Crippen molar-refractivity contribution < 1.29 is 38.0 Å². The van der Waals surface area contributed by atoms with Gasteiger partial charge in [-0.1, -0.05) is 114 Å². The third-order valence-corrected chi connectivity index (χ3v) is 8.72. The molecule has 2 N–H and O–H groups in total. The fourth-order valence-electron chi connectivity index (χ4n) is 5.47. The Balaban J connectivity index is 0.00000576. The molecule has 3 aromatic carbocycles. The molecular formula is C37H50NO7P. The number of rotatable bonds is 21. The highest BCUT2D eigenvalue weighted by Crippen LogP contribution is 2.49. The van der Waals surface area contributed by atoms with Crippen molar-refractivity contribution in [3.05, 3.63) is 90.8 Å². The maximum absolute atomic E-state index is 13.0. The van der Waals surface area contributed by atoms with Gasteiger partial charge in [-0.25, -0.2) is 9.13 Å². The Morgan fingerprint density at radius 2 is 1.35 bits per heavy atom. The van der Waals surface area contributed by atoms with E-state index in [1.54, 1.807) is 36.4 Å². The Bertz CT molecular complexity index is 1510. The summed E-state index contributed by atoms with van der Waals surface area (Å²) in [5.74, 6) is 1.04. The first-order valence-corrected chi connectivity index (χ1v) is 18.0. The average Bonchev–Trinajstić information content (AvgIpc) is 3.03. The SMILES string of the molecule is CCCCCCCCCCCCCCOc1cccc(OP(=O)(O)Oc2cccc(C[n+]3ccc4ccccc4c3)c2)c1OC.[OH-]. The van der Waals surface area contributed by atoms with Crippen LogP contribution in [0.3, 0.4) is 0 Å². The predicted octanol–water partition coefficient (Wildman–Crippen LogP) is 9.65. The molecule has 0 saturated carbocycles. The minimum Gasteiger partial charge on any atom is -0.870 e. The van der Waals surface area contributed by atoms with E-state index in [-0.39, 0.29) is 22.7 Å². The molecule has 0 amide bonds. The molecule has 0 fully saturated rings. The summed E-state index contributed by atoms with van der Waals surface area (Å²) in [6.07, 6.45) is 19.4. The third kappa shape index (κ3) is 12.3. The molecule has 9 heteroatoms. The monoisotopic (exact) mass is 651 g/mol. The number of benzene rings is 3. The summed E-state index contributed by atoms with van der Waals surface area (Å²) < 4.78 is 37.5. The zero-order chi connectivity index (χ0) is 31.7. The number of phosphoric acid groups is 1. The van der Waals surface area contributed by atoms with E-state index in [2.05, 4.69) is 35.9 Å². The molecule has 0 saturated heterocycles. The number of ether oxygens (including phenoxy) is 2. The summed E-state index contributed by atoms with van der Waals surface area (Å²) in [5, 5.41) is 2.30. The smallest absolute Gasteiger partial charge is 0.585 e. The second kappa shape index (κ2) is 19.8. The van der Waals surface area contributed by atoms with Crippen molar-refractivity contribution in [3.63, 3.8) is 0 Å². The van der Waals surface area contributed by atoms with Crippen molar-refractivity contribution in [2.45, 2.75) is 90.5 Å². The van der Waals surface area contributed by atoms with Gasteiger partial charge in [0.2, 0.25) is 5.75 Å². The van der Waals surface area contributed by atoms with E-state index < -0.39 is 7.82 Å². The molecule has 4 rings (SSSR count). The van der Waals surface area contributed by atoms with Crippen LogP contribution in [0.15, 0.2) is 85.2 Å². The van der Waals surface area contributed by atoms with Crippen molar-refractivity contribution in [1.82, 2.24) is 0 Å². The van der Waals surface area contributed by atoms with Gasteiger partial charge in [0, 0.05) is 17.0 Å². The van der Waals surface area contributed by atoms with Gasteiger partial charge in [0.05, 0.1) is 13.7 Å². The summed E-state index contributed by atoms with van der Waals surface area (Å²) in [4.78, 5) is 10.6. The minimum atomic E-state index is -4.53. The van der Waals surface area contributed by atoms with Crippen LogP contribution in [0.2, 0.25) is 0 Å². The van der Waals surface area contributed by atoms with Gasteiger partial charge in [-0.15, -0.1) is 0 Å². The molecule has 1 aromatic heterocycles. The van der Waals surface area contributed by atoms with Gasteiger partial charge in [0.15, 0.2) is 30.4 Å². The molecule has 0 spiro atoms. The van der Waals surface area contributed by atoms with Gasteiger partial charge in [-0.2, -0.15) is 0 Å². The van der Waals surface area contributed by atoms with E-state index in [0.717, 1.165) is 23.8 Å². The number of nitrogens with zero attached hydrogens (tertiary/aromatic N) is 1. The van der Waals surface area contributed by atoms with Gasteiger partial charge in [-0.3, -0.25) is 4.89 Å². The number of methoxy groups -OCH3 is 1. The van der Waals surface area contributed by atoms with Gasteiger partial charge in [0.25, 0.3) is 0 Å². The molecule has 0 aliphatic carbocycles. The summed E-state index contributed by atoms with van der Waals surface area (Å²) in [6, 6.07) is 22.4. The van der Waals surface area contributed by atoms with E-state index in [0.29, 0.717) is 18.9 Å². The minimum absolute atomic E-state index is 0. The topological polar surface area (TPSA) is 108 Å². The maximum atomic E-state index is 13.0. The zero-order valence-corrected chi connectivity index (χ0v) is 28.2. The number of fused-ring (bicyclic) bond motifs is 1. The van der Waals surface area contributed by atoms with Gasteiger partial charge < -0.3 is 24.0 Å². The molecule has 4 aromatic rings. The van der Waals surface area contributed by atoms with Crippen LogP contribution in [0.1, 0.15) is 89.5 Å². The Labute approximate surface area is 274 Å². The van der Waals surface area contributed by atoms with Crippen molar-refractivity contribution >= 4 is 18.6 Å². The second-order valence-electron chi connectivity index (χ2n) is 11.6. The fourth-order valence-corrected chi connectivity index (χ4v) is 6.28. The van der Waals surface area contributed by atoms with E-state index >= 15 is 0 Å². The fraction of sp³-hybridized carbons (Fsp3) is 0.432. The van der Waals surface area contributed by atoms with E-state index in [9.17, 15) is 9.46 Å². The lowest BCUT2D eigenvalue weighted by molar-refractivity contribution is -0.687. The Morgan fingerprint density at radius 3 is 2.04 bits per heavy atom. The van der Waals surface area contributed by atoms with Crippen molar-refractivity contribution in [1.29, 1.82) is 0 Å². The first-order valence-electron chi connectivity index (χ1n) is 16.5. The Kier molecular flexibility index (Phi) is 15.9. The van der Waals surface area contributed by atoms with E-state index in [1.165, 1.54) is 76.7 Å². The zero-order valence-electron chi connectivity index (χ0n) is 27.3. The number of hydrogen-bond acceptors (Lipinski definition) is 6. The van der Waals surface area contributed by atoms with Crippen LogP contribution >= 0.6 is 7.82 Å². The van der Waals surface area contributed by atoms with Crippen LogP contribution in [0, 0.1) is 0 Å². The predicted molar refractivity (Wildman–Crippen MR) is 182 cm³/mol. The largest absolute Gasteiger partial charge is 0.870 e. The lowest BCUT2D eigenvalue weighted by Crippen LogP contribution is -2.33. The van der Waals surface area contributed by atoms with Crippen molar-refractivity contribution in [3.8, 4) is 23.0 Å². The first kappa shape index (κ1) is 36.9. The van der Waals surface area contributed by atoms with Crippen LogP contribution in [0.5, 0.6) is 23.0 Å². The van der Waals surface area contributed by atoms with E-state index in [1.807, 2.05) is 24.4 Å². The molecule has 0 aliphatic heterocycles. The molecule has 0 radical (unpaired) electrons. The number of unbranched alkanes of at least 4 members (excludes halogenated alkanes) is 11. The van der Waals surface area contributed by atoms with Gasteiger partial charge in [-0.05, 0) is 42.1 Å². The average molecular weight is 652 g/mol. The molecule has 1 heterocycles. The number of phosphoric ester groups is 1. The molecular weight excluding hydrogens is 601 g/mol. The van der Waals surface area contributed by atoms with E-state index in [4.69, 9.17) is 18.5 Å². The maximum Gasteiger partial charge on any atom is 0.585 e. The molecule has 0 bridgehead atoms. The highest BCUT2D eigenvalue weighted by Gasteiger charge is 2.28. The number of aromatic nitrogens is 1. The molecule has 250 valence electrons. The highest BCUT2D eigenvalue weighted by molar-refractivity contribution is 7.48. The van der Waals surface area contributed by atoms with Crippen LogP contribution in [-0.2, 0) is 11.1 Å². The highest BCUT2D eigenvalue weighted by atomic mass is 31.2. The van der Waals surface area contributed by atoms with Crippen LogP contribution in [0.4, 0.5) is 0 Å². The first-order chi connectivity index (χ1) is 22.0. The third-order valence-electron chi connectivity index (χ3n) is 7.85. The van der Waals surface area contributed by atoms with Crippen LogP contribution < -0.4 is 23.1 Å². The summed E-state index contributed by atoms with van der Waals surface area (Å²) >= 11 is 0. The molecule has 8 nitrogen and oxygen atoms in total. The van der Waals surface area contributed by atoms with Crippen LogP contribution in [0.25, 0.3) is 10.8 Å². The number of pyridine rings is 1. The van der Waals surface area contributed by atoms with Crippen LogP contribution in [-0.4, -0.2) is 24.1 Å². The van der Waals surface area contributed by atoms with Gasteiger partial charge in [0.1, 0.15) is 5.75 Å². The standard InChI is InChI=1S/C37H48NO6P.H2O/c1-3-4-5-6-7-8-9-10-11-12-13-16-27-42-35-23-18-24-36(37(35)41-2)44-45(39,40)43-34-22-17-19-31(28-34)29-38-26-25-32-20-14-15-21-33(32)30-38;/h14-15,17-26,28,30H,3-13,16,27,29H2,1-2H3;1H2. The summed E-state index contributed by atoms with van der Waals surface area (Å²) in [5.41, 5.74) is 0.915. The normalized spacial score (nSPS) is 12.2. The Morgan fingerprint density at radius 1 is 0.717 bits per heavy atom. The van der Waals surface area contributed by atoms with Crippen molar-refractivity contribution in [2.24, 2.45) is 0 Å². The number of hydrogen-bond donors (Lipinski definition) is 1. The number of para-hydroxylation sites is 1. The lowest BCUT2D eigenvalue weighted by atomic mass is 10.1. The summed E-state index contributed by atoms with van der Waals surface area (Å²) in [6.45, 7) is 3.37. The summed E-state index contributed by atoms with van der Waals surface area (Å²) in [7, 11) is -3.05. The Hall–Kier alpha value is -3.58. The molecule has 46 heavy (non-hydrogen) atoms. The van der Waals surface area contributed by atoms with Crippen molar-refractivity contribution in [2.75, 3.05) is 13.7 Å².